The molecular formula is C37H23N5. The van der Waals surface area contributed by atoms with Crippen LogP contribution in [0.15, 0.2) is 140 Å². The van der Waals surface area contributed by atoms with E-state index in [0.717, 1.165) is 60.6 Å². The topological polar surface area (TPSA) is 48.0 Å². The van der Waals surface area contributed by atoms with Crippen molar-refractivity contribution in [3.05, 3.63) is 140 Å². The van der Waals surface area contributed by atoms with Crippen LogP contribution in [0.25, 0.3) is 77.7 Å². The van der Waals surface area contributed by atoms with E-state index in [1.807, 2.05) is 30.3 Å². The summed E-state index contributed by atoms with van der Waals surface area (Å²) in [5.41, 5.74) is 10.2. The fourth-order valence-electron chi connectivity index (χ4n) is 6.24. The molecule has 4 aromatic heterocycles. The first-order valence-electron chi connectivity index (χ1n) is 14.1. The number of para-hydroxylation sites is 2. The van der Waals surface area contributed by atoms with Crippen LogP contribution in [0.3, 0.4) is 0 Å². The summed E-state index contributed by atoms with van der Waals surface area (Å²) in [4.78, 5) is 15.4. The molecule has 0 amide bonds. The molecule has 5 aromatic carbocycles. The monoisotopic (exact) mass is 537 g/mol. The van der Waals surface area contributed by atoms with Crippen molar-refractivity contribution in [3.8, 4) is 28.3 Å². The molecule has 0 radical (unpaired) electrons. The lowest BCUT2D eigenvalue weighted by molar-refractivity contribution is 1.01. The number of nitrogens with zero attached hydrogens (tertiary/aromatic N) is 5. The Morgan fingerprint density at radius 3 is 2.02 bits per heavy atom. The Morgan fingerprint density at radius 2 is 1.14 bits per heavy atom. The van der Waals surface area contributed by atoms with Crippen LogP contribution in [-0.4, -0.2) is 23.9 Å². The van der Waals surface area contributed by atoms with Crippen molar-refractivity contribution >= 4 is 49.4 Å². The van der Waals surface area contributed by atoms with Crippen LogP contribution < -0.4 is 0 Å². The molecule has 4 heterocycles. The van der Waals surface area contributed by atoms with Gasteiger partial charge >= 0.3 is 0 Å². The third-order valence-electron chi connectivity index (χ3n) is 8.16. The summed E-state index contributed by atoms with van der Waals surface area (Å²) in [5.74, 6) is 0.639. The second-order valence-corrected chi connectivity index (χ2v) is 10.6. The number of aromatic nitrogens is 5. The van der Waals surface area contributed by atoms with E-state index in [2.05, 4.69) is 118 Å². The van der Waals surface area contributed by atoms with Gasteiger partial charge in [-0.25, -0.2) is 15.0 Å². The van der Waals surface area contributed by atoms with Gasteiger partial charge in [0.1, 0.15) is 5.65 Å². The minimum atomic E-state index is 0.639. The molecule has 0 aliphatic carbocycles. The maximum atomic E-state index is 5.31. The lowest BCUT2D eigenvalue weighted by Gasteiger charge is -2.12. The molecule has 42 heavy (non-hydrogen) atoms. The van der Waals surface area contributed by atoms with Crippen LogP contribution in [0.4, 0.5) is 0 Å². The van der Waals surface area contributed by atoms with E-state index in [4.69, 9.17) is 15.0 Å². The second kappa shape index (κ2) is 8.85. The number of benzene rings is 5. The molecule has 5 nitrogen and oxygen atoms in total. The van der Waals surface area contributed by atoms with Gasteiger partial charge in [-0.1, -0.05) is 97.1 Å². The van der Waals surface area contributed by atoms with Crippen molar-refractivity contribution in [2.75, 3.05) is 0 Å². The molecule has 0 fully saturated rings. The molecule has 0 saturated carbocycles. The van der Waals surface area contributed by atoms with Gasteiger partial charge in [0.05, 0.1) is 33.3 Å². The van der Waals surface area contributed by atoms with Gasteiger partial charge in [-0.15, -0.1) is 0 Å². The maximum Gasteiger partial charge on any atom is 0.235 e. The standard InChI is InChI=1S/C37H23N5/c1-2-10-24(11-3-1)25-17-19-26(20-18-25)34-29-13-4-6-14-30(29)39-37(40-34)42-32-15-7-5-12-27(32)28-21-22-31-36(35(28)42)41-23-9-8-16-33(41)38-31/h1-23H. The van der Waals surface area contributed by atoms with E-state index in [1.165, 1.54) is 11.1 Å². The maximum absolute atomic E-state index is 5.31. The Balaban J connectivity index is 1.36. The fourth-order valence-corrected chi connectivity index (χ4v) is 6.24. The van der Waals surface area contributed by atoms with Crippen molar-refractivity contribution in [1.29, 1.82) is 0 Å². The van der Waals surface area contributed by atoms with Gasteiger partial charge in [0.25, 0.3) is 0 Å². The predicted molar refractivity (Wildman–Crippen MR) is 171 cm³/mol. The van der Waals surface area contributed by atoms with Gasteiger partial charge < -0.3 is 0 Å². The molecule has 0 aliphatic rings. The molecule has 9 rings (SSSR count). The first-order valence-corrected chi connectivity index (χ1v) is 14.1. The Hall–Kier alpha value is -5.81. The molecule has 196 valence electrons. The van der Waals surface area contributed by atoms with Gasteiger partial charge in [0.2, 0.25) is 5.95 Å². The Labute approximate surface area is 241 Å². The van der Waals surface area contributed by atoms with Gasteiger partial charge in [-0.05, 0) is 47.5 Å². The molecule has 5 heteroatoms. The number of hydrogen-bond donors (Lipinski definition) is 0. The van der Waals surface area contributed by atoms with Crippen molar-refractivity contribution in [3.63, 3.8) is 0 Å². The summed E-state index contributed by atoms with van der Waals surface area (Å²) in [6, 6.07) is 46.3. The molecule has 9 aromatic rings. The minimum Gasteiger partial charge on any atom is -0.298 e. The Kier molecular flexibility index (Phi) is 4.83. The second-order valence-electron chi connectivity index (χ2n) is 10.6. The van der Waals surface area contributed by atoms with E-state index < -0.39 is 0 Å². The summed E-state index contributed by atoms with van der Waals surface area (Å²) < 4.78 is 4.37. The van der Waals surface area contributed by atoms with E-state index in [9.17, 15) is 0 Å². The molecule has 0 spiro atoms. The quantitative estimate of drug-likeness (QED) is 0.226. The first-order chi connectivity index (χ1) is 20.8. The zero-order valence-electron chi connectivity index (χ0n) is 22.5. The van der Waals surface area contributed by atoms with Crippen molar-refractivity contribution in [1.82, 2.24) is 23.9 Å². The molecular weight excluding hydrogens is 514 g/mol. The first kappa shape index (κ1) is 22.9. The third-order valence-corrected chi connectivity index (χ3v) is 8.16. The van der Waals surface area contributed by atoms with Crippen LogP contribution in [0.5, 0.6) is 0 Å². The van der Waals surface area contributed by atoms with Crippen LogP contribution in [0.1, 0.15) is 0 Å². The zero-order valence-corrected chi connectivity index (χ0v) is 22.5. The highest BCUT2D eigenvalue weighted by Crippen LogP contribution is 2.37. The Bertz CT molecular complexity index is 2450. The van der Waals surface area contributed by atoms with Crippen LogP contribution in [-0.2, 0) is 0 Å². The lowest BCUT2D eigenvalue weighted by Crippen LogP contribution is -2.04. The fraction of sp³-hybridized carbons (Fsp3) is 0. The molecule has 0 saturated heterocycles. The summed E-state index contributed by atoms with van der Waals surface area (Å²) in [6.07, 6.45) is 2.08. The summed E-state index contributed by atoms with van der Waals surface area (Å²) >= 11 is 0. The number of rotatable bonds is 3. The largest absolute Gasteiger partial charge is 0.298 e. The minimum absolute atomic E-state index is 0.639. The van der Waals surface area contributed by atoms with E-state index in [0.29, 0.717) is 5.95 Å². The zero-order chi connectivity index (χ0) is 27.6. The highest BCUT2D eigenvalue weighted by molar-refractivity contribution is 6.17. The van der Waals surface area contributed by atoms with Crippen molar-refractivity contribution in [2.45, 2.75) is 0 Å². The molecule has 0 atom stereocenters. The summed E-state index contributed by atoms with van der Waals surface area (Å²) in [5, 5.41) is 3.33. The van der Waals surface area contributed by atoms with Crippen molar-refractivity contribution < 1.29 is 0 Å². The third kappa shape index (κ3) is 3.34. The summed E-state index contributed by atoms with van der Waals surface area (Å²) in [6.45, 7) is 0. The number of fused-ring (bicyclic) bond motifs is 8. The SMILES string of the molecule is c1ccc(-c2ccc(-c3nc(-n4c5ccccc5c5ccc6nc7ccccn7c6c54)nc4ccccc34)cc2)cc1. The molecule has 0 aliphatic heterocycles. The highest BCUT2D eigenvalue weighted by atomic mass is 15.2. The highest BCUT2D eigenvalue weighted by Gasteiger charge is 2.21. The average Bonchev–Trinajstić information content (AvgIpc) is 3.60. The van der Waals surface area contributed by atoms with E-state index in [-0.39, 0.29) is 0 Å². The summed E-state index contributed by atoms with van der Waals surface area (Å²) in [7, 11) is 0. The normalized spacial score (nSPS) is 11.8. The molecule has 0 bridgehead atoms. The lowest BCUT2D eigenvalue weighted by atomic mass is 10.0. The van der Waals surface area contributed by atoms with Gasteiger partial charge in [0.15, 0.2) is 0 Å². The number of pyridine rings is 1. The average molecular weight is 538 g/mol. The van der Waals surface area contributed by atoms with Gasteiger partial charge in [-0.2, -0.15) is 0 Å². The van der Waals surface area contributed by atoms with Crippen LogP contribution in [0, 0.1) is 0 Å². The molecule has 0 N–H and O–H groups in total. The predicted octanol–water partition coefficient (Wildman–Crippen LogP) is 8.86. The van der Waals surface area contributed by atoms with E-state index in [1.54, 1.807) is 0 Å². The van der Waals surface area contributed by atoms with Crippen molar-refractivity contribution in [2.24, 2.45) is 0 Å². The number of hydrogen-bond acceptors (Lipinski definition) is 3. The van der Waals surface area contributed by atoms with Gasteiger partial charge in [0, 0.05) is 27.9 Å². The van der Waals surface area contributed by atoms with Crippen LogP contribution >= 0.6 is 0 Å². The van der Waals surface area contributed by atoms with E-state index >= 15 is 0 Å². The van der Waals surface area contributed by atoms with Crippen LogP contribution in [0.2, 0.25) is 0 Å². The van der Waals surface area contributed by atoms with Gasteiger partial charge in [-0.3, -0.25) is 8.97 Å². The smallest absolute Gasteiger partial charge is 0.235 e. The Morgan fingerprint density at radius 1 is 0.429 bits per heavy atom. The number of imidazole rings is 1. The molecule has 0 unspecified atom stereocenters.